The summed E-state index contributed by atoms with van der Waals surface area (Å²) in [7, 11) is 0. The Bertz CT molecular complexity index is 871. The molecule has 3 rings (SSSR count). The summed E-state index contributed by atoms with van der Waals surface area (Å²) in [5.41, 5.74) is 1.17. The van der Waals surface area contributed by atoms with E-state index in [9.17, 15) is 9.59 Å². The molecular weight excluding hydrogens is 394 g/mol. The minimum Gasteiger partial charge on any atom is -0.367 e. The first kappa shape index (κ1) is 20.9. The van der Waals surface area contributed by atoms with E-state index in [4.69, 9.17) is 11.6 Å². The second-order valence-corrected chi connectivity index (χ2v) is 7.19. The zero-order valence-corrected chi connectivity index (χ0v) is 16.9. The number of amides is 2. The number of hydrogen-bond donors (Lipinski definition) is 4. The van der Waals surface area contributed by atoms with Crippen LogP contribution in [0, 0.1) is 5.92 Å². The van der Waals surface area contributed by atoms with Crippen molar-refractivity contribution < 1.29 is 9.59 Å². The van der Waals surface area contributed by atoms with E-state index in [-0.39, 0.29) is 17.7 Å². The maximum atomic E-state index is 12.5. The fourth-order valence-electron chi connectivity index (χ4n) is 3.02. The Morgan fingerprint density at radius 2 is 2.10 bits per heavy atom. The molecule has 0 unspecified atom stereocenters. The lowest BCUT2D eigenvalue weighted by Gasteiger charge is -2.21. The molecule has 3 heterocycles. The molecule has 2 amide bonds. The predicted octanol–water partition coefficient (Wildman–Crippen LogP) is 1.68. The van der Waals surface area contributed by atoms with Crippen LogP contribution in [0.5, 0.6) is 0 Å². The quantitative estimate of drug-likeness (QED) is 0.505. The summed E-state index contributed by atoms with van der Waals surface area (Å²) in [6.45, 7) is 4.07. The lowest BCUT2D eigenvalue weighted by Crippen LogP contribution is -2.37. The monoisotopic (exact) mass is 417 g/mol. The van der Waals surface area contributed by atoms with Crippen LogP contribution in [-0.2, 0) is 9.59 Å². The van der Waals surface area contributed by atoms with Crippen LogP contribution in [-0.4, -0.2) is 52.9 Å². The third-order valence-electron chi connectivity index (χ3n) is 4.49. The van der Waals surface area contributed by atoms with Gasteiger partial charge in [0.15, 0.2) is 0 Å². The van der Waals surface area contributed by atoms with Crippen LogP contribution in [0.25, 0.3) is 11.3 Å². The number of hydrogen-bond acceptors (Lipinski definition) is 7. The maximum absolute atomic E-state index is 12.5. The first-order valence-electron chi connectivity index (χ1n) is 9.51. The van der Waals surface area contributed by atoms with Gasteiger partial charge < -0.3 is 21.3 Å². The van der Waals surface area contributed by atoms with Crippen LogP contribution in [0.15, 0.2) is 24.7 Å². The van der Waals surface area contributed by atoms with Crippen molar-refractivity contribution in [3.05, 3.63) is 29.7 Å². The third kappa shape index (κ3) is 6.10. The molecule has 9 nitrogen and oxygen atoms in total. The summed E-state index contributed by atoms with van der Waals surface area (Å²) < 4.78 is 0. The second-order valence-electron chi connectivity index (χ2n) is 6.78. The van der Waals surface area contributed by atoms with Gasteiger partial charge in [-0.1, -0.05) is 11.6 Å². The van der Waals surface area contributed by atoms with E-state index < -0.39 is 0 Å². The van der Waals surface area contributed by atoms with E-state index >= 15 is 0 Å². The Morgan fingerprint density at radius 3 is 2.86 bits per heavy atom. The summed E-state index contributed by atoms with van der Waals surface area (Å²) in [5.74, 6) is 0.761. The number of carbonyl (C=O) groups excluding carboxylic acids is 2. The summed E-state index contributed by atoms with van der Waals surface area (Å²) in [6, 6.07) is 1.70. The molecule has 1 fully saturated rings. The normalized spacial score (nSPS) is 16.1. The first-order valence-corrected chi connectivity index (χ1v) is 9.88. The first-order chi connectivity index (χ1) is 14.0. The number of piperidine rings is 1. The van der Waals surface area contributed by atoms with Gasteiger partial charge in [-0.05, 0) is 25.5 Å². The van der Waals surface area contributed by atoms with Crippen LogP contribution >= 0.6 is 11.6 Å². The van der Waals surface area contributed by atoms with Gasteiger partial charge in [0.2, 0.25) is 11.8 Å². The smallest absolute Gasteiger partial charge is 0.229 e. The van der Waals surface area contributed by atoms with Crippen molar-refractivity contribution in [3.8, 4) is 11.3 Å². The standard InChI is InChI=1S/C19H24ClN7O2/c1-12(28)23-5-6-24-18-11-22-10-16(26-18)14-7-17(25-9-15(14)20)27-19(29)13-3-2-4-21-8-13/h7,9-11,13,21H,2-6,8H2,1H3,(H,23,28)(H,24,26)(H,25,27,29)/t13-/m1/s1. The van der Waals surface area contributed by atoms with E-state index in [2.05, 4.69) is 36.2 Å². The minimum atomic E-state index is -0.0891. The Hall–Kier alpha value is -2.78. The zero-order valence-electron chi connectivity index (χ0n) is 16.2. The van der Waals surface area contributed by atoms with Gasteiger partial charge in [-0.3, -0.25) is 14.6 Å². The highest BCUT2D eigenvalue weighted by molar-refractivity contribution is 6.33. The molecule has 0 bridgehead atoms. The molecular formula is C19H24ClN7O2. The largest absolute Gasteiger partial charge is 0.367 e. The van der Waals surface area contributed by atoms with Gasteiger partial charge in [0.05, 0.1) is 29.0 Å². The van der Waals surface area contributed by atoms with Crippen molar-refractivity contribution >= 4 is 35.1 Å². The Kier molecular flexibility index (Phi) is 7.31. The highest BCUT2D eigenvalue weighted by Gasteiger charge is 2.21. The summed E-state index contributed by atoms with van der Waals surface area (Å²) in [5, 5.41) is 12.3. The molecule has 0 saturated carbocycles. The topological polar surface area (TPSA) is 121 Å². The van der Waals surface area contributed by atoms with Crippen LogP contribution in [0.3, 0.4) is 0 Å². The van der Waals surface area contributed by atoms with Crippen molar-refractivity contribution in [3.63, 3.8) is 0 Å². The molecule has 1 aliphatic rings. The van der Waals surface area contributed by atoms with Crippen molar-refractivity contribution in [2.75, 3.05) is 36.8 Å². The van der Waals surface area contributed by atoms with Crippen molar-refractivity contribution in [2.45, 2.75) is 19.8 Å². The average Bonchev–Trinajstić information content (AvgIpc) is 2.73. The lowest BCUT2D eigenvalue weighted by molar-refractivity contribution is -0.120. The molecule has 2 aromatic heterocycles. The number of rotatable bonds is 7. The van der Waals surface area contributed by atoms with E-state index in [0.717, 1.165) is 19.4 Å². The van der Waals surface area contributed by atoms with Gasteiger partial charge in [-0.15, -0.1) is 0 Å². The van der Waals surface area contributed by atoms with Gasteiger partial charge in [-0.25, -0.2) is 9.97 Å². The Labute approximate surface area is 174 Å². The Balaban J connectivity index is 1.69. The molecule has 154 valence electrons. The minimum absolute atomic E-state index is 0.0579. The summed E-state index contributed by atoms with van der Waals surface area (Å²) in [4.78, 5) is 36.3. The molecule has 0 aliphatic carbocycles. The molecule has 0 spiro atoms. The fraction of sp³-hybridized carbons (Fsp3) is 0.421. The van der Waals surface area contributed by atoms with E-state index in [0.29, 0.717) is 47.6 Å². The fourth-order valence-corrected chi connectivity index (χ4v) is 3.22. The van der Waals surface area contributed by atoms with Crippen molar-refractivity contribution in [1.29, 1.82) is 0 Å². The molecule has 1 atom stereocenters. The summed E-state index contributed by atoms with van der Waals surface area (Å²) in [6.07, 6.45) is 6.51. The lowest BCUT2D eigenvalue weighted by atomic mass is 9.99. The van der Waals surface area contributed by atoms with Gasteiger partial charge in [0, 0.05) is 38.3 Å². The van der Waals surface area contributed by atoms with Crippen LogP contribution in [0.1, 0.15) is 19.8 Å². The predicted molar refractivity (Wildman–Crippen MR) is 112 cm³/mol. The van der Waals surface area contributed by atoms with Gasteiger partial charge in [0.1, 0.15) is 11.6 Å². The number of pyridine rings is 1. The second kappa shape index (κ2) is 10.1. The number of anilines is 2. The van der Waals surface area contributed by atoms with Crippen LogP contribution in [0.4, 0.5) is 11.6 Å². The number of aromatic nitrogens is 3. The zero-order chi connectivity index (χ0) is 20.6. The Morgan fingerprint density at radius 1 is 1.24 bits per heavy atom. The SMILES string of the molecule is CC(=O)NCCNc1cncc(-c2cc(NC(=O)[C@@H]3CCCNC3)ncc2Cl)n1. The van der Waals surface area contributed by atoms with E-state index in [1.54, 1.807) is 18.5 Å². The number of nitrogens with zero attached hydrogens (tertiary/aromatic N) is 3. The van der Waals surface area contributed by atoms with E-state index in [1.165, 1.54) is 13.1 Å². The molecule has 2 aromatic rings. The molecule has 4 N–H and O–H groups in total. The maximum Gasteiger partial charge on any atom is 0.229 e. The number of halogens is 1. The molecule has 29 heavy (non-hydrogen) atoms. The molecule has 0 radical (unpaired) electrons. The van der Waals surface area contributed by atoms with Gasteiger partial charge in [-0.2, -0.15) is 0 Å². The van der Waals surface area contributed by atoms with E-state index in [1.807, 2.05) is 0 Å². The highest BCUT2D eigenvalue weighted by Crippen LogP contribution is 2.28. The van der Waals surface area contributed by atoms with Crippen LogP contribution < -0.4 is 21.3 Å². The molecule has 1 aliphatic heterocycles. The molecule has 1 saturated heterocycles. The van der Waals surface area contributed by atoms with Crippen molar-refractivity contribution in [2.24, 2.45) is 5.92 Å². The van der Waals surface area contributed by atoms with Crippen molar-refractivity contribution in [1.82, 2.24) is 25.6 Å². The highest BCUT2D eigenvalue weighted by atomic mass is 35.5. The molecule has 0 aromatic carbocycles. The number of nitrogens with one attached hydrogen (secondary N) is 4. The number of carbonyl (C=O) groups is 2. The van der Waals surface area contributed by atoms with Gasteiger partial charge in [0.25, 0.3) is 0 Å². The third-order valence-corrected chi connectivity index (χ3v) is 4.79. The van der Waals surface area contributed by atoms with Crippen LogP contribution in [0.2, 0.25) is 5.02 Å². The average molecular weight is 418 g/mol. The van der Waals surface area contributed by atoms with Gasteiger partial charge >= 0.3 is 0 Å². The molecule has 10 heteroatoms. The summed E-state index contributed by atoms with van der Waals surface area (Å²) >= 11 is 6.31.